The first-order chi connectivity index (χ1) is 12.7. The Labute approximate surface area is 169 Å². The number of non-ortho nitro benzene ring substituents is 1. The zero-order valence-corrected chi connectivity index (χ0v) is 16.6. The lowest BCUT2D eigenvalue weighted by atomic mass is 10.1. The molecular formula is C18H16BrN3O4S. The van der Waals surface area contributed by atoms with Gasteiger partial charge in [0.25, 0.3) is 5.69 Å². The average molecular weight is 450 g/mol. The van der Waals surface area contributed by atoms with Gasteiger partial charge >= 0.3 is 0 Å². The summed E-state index contributed by atoms with van der Waals surface area (Å²) in [5.41, 5.74) is 1.68. The Morgan fingerprint density at radius 1 is 1.19 bits per heavy atom. The molecule has 0 radical (unpaired) electrons. The largest absolute Gasteiger partial charge is 0.486 e. The molecule has 0 saturated carbocycles. The van der Waals surface area contributed by atoms with Crippen LogP contribution in [-0.4, -0.2) is 29.2 Å². The van der Waals surface area contributed by atoms with Crippen molar-refractivity contribution in [2.75, 3.05) is 18.5 Å². The van der Waals surface area contributed by atoms with Crippen molar-refractivity contribution in [3.63, 3.8) is 0 Å². The molecule has 3 aromatic rings. The molecule has 27 heavy (non-hydrogen) atoms. The predicted molar refractivity (Wildman–Crippen MR) is 109 cm³/mol. The summed E-state index contributed by atoms with van der Waals surface area (Å²) >= 11 is 1.48. The van der Waals surface area contributed by atoms with Crippen molar-refractivity contribution in [3.05, 3.63) is 64.0 Å². The van der Waals surface area contributed by atoms with E-state index in [1.807, 2.05) is 29.6 Å². The Morgan fingerprint density at radius 3 is 2.67 bits per heavy atom. The number of aromatic nitrogens is 1. The number of hydrogen-bond acceptors (Lipinski definition) is 7. The van der Waals surface area contributed by atoms with E-state index in [2.05, 4.69) is 10.3 Å². The van der Waals surface area contributed by atoms with Crippen LogP contribution in [0.4, 0.5) is 10.8 Å². The Kier molecular flexibility index (Phi) is 5.92. The minimum Gasteiger partial charge on any atom is -0.486 e. The van der Waals surface area contributed by atoms with Gasteiger partial charge in [-0.15, -0.1) is 28.3 Å². The highest BCUT2D eigenvalue weighted by Crippen LogP contribution is 2.31. The second-order valence-corrected chi connectivity index (χ2v) is 6.58. The van der Waals surface area contributed by atoms with Crippen LogP contribution in [0, 0.1) is 10.1 Å². The highest BCUT2D eigenvalue weighted by atomic mass is 79.9. The maximum Gasteiger partial charge on any atom is 0.269 e. The first-order valence-electron chi connectivity index (χ1n) is 8.02. The Hall–Kier alpha value is -2.65. The predicted octanol–water partition coefficient (Wildman–Crippen LogP) is 4.55. The topological polar surface area (TPSA) is 86.5 Å². The molecule has 0 saturated heterocycles. The Balaban J connectivity index is 0.00000210. The summed E-state index contributed by atoms with van der Waals surface area (Å²) in [5.74, 6) is 1.51. The molecule has 140 valence electrons. The third-order valence-corrected chi connectivity index (χ3v) is 4.73. The number of hydrogen-bond donors (Lipinski definition) is 1. The van der Waals surface area contributed by atoms with Gasteiger partial charge in [0.05, 0.1) is 17.2 Å². The summed E-state index contributed by atoms with van der Waals surface area (Å²) in [5, 5.41) is 16.7. The van der Waals surface area contributed by atoms with E-state index >= 15 is 0 Å². The average Bonchev–Trinajstić information content (AvgIpc) is 3.15. The summed E-state index contributed by atoms with van der Waals surface area (Å²) in [6, 6.07) is 14.0. The number of fused-ring (bicyclic) bond motifs is 1. The van der Waals surface area contributed by atoms with Crippen LogP contribution in [0.1, 0.15) is 0 Å². The fourth-order valence-corrected chi connectivity index (χ4v) is 3.34. The van der Waals surface area contributed by atoms with Crippen molar-refractivity contribution in [1.82, 2.24) is 4.98 Å². The molecule has 0 amide bonds. The minimum absolute atomic E-state index is 0. The van der Waals surface area contributed by atoms with E-state index in [9.17, 15) is 10.1 Å². The van der Waals surface area contributed by atoms with Gasteiger partial charge < -0.3 is 14.8 Å². The normalized spacial score (nSPS) is 14.9. The molecular weight excluding hydrogens is 434 g/mol. The van der Waals surface area contributed by atoms with Crippen molar-refractivity contribution in [2.24, 2.45) is 0 Å². The van der Waals surface area contributed by atoms with Crippen molar-refractivity contribution >= 4 is 39.1 Å². The van der Waals surface area contributed by atoms with E-state index in [1.54, 1.807) is 12.1 Å². The van der Waals surface area contributed by atoms with Crippen LogP contribution in [0.25, 0.3) is 11.3 Å². The standard InChI is InChI=1S/C18H15N3O4S.BrH/c22-21(23)13-7-5-12(6-8-13)15-11-26-18(20-15)19-9-14-10-24-16-3-1-2-4-17(16)25-14;/h1-8,11,14H,9-10H2,(H,19,20);1H. The van der Waals surface area contributed by atoms with Gasteiger partial charge in [0.1, 0.15) is 12.7 Å². The van der Waals surface area contributed by atoms with E-state index in [-0.39, 0.29) is 28.8 Å². The van der Waals surface area contributed by atoms with Gasteiger partial charge in [-0.25, -0.2) is 4.98 Å². The second-order valence-electron chi connectivity index (χ2n) is 5.72. The van der Waals surface area contributed by atoms with Crippen molar-refractivity contribution in [3.8, 4) is 22.8 Å². The van der Waals surface area contributed by atoms with Gasteiger partial charge in [0.2, 0.25) is 0 Å². The van der Waals surface area contributed by atoms with Crippen molar-refractivity contribution in [1.29, 1.82) is 0 Å². The van der Waals surface area contributed by atoms with Crippen LogP contribution < -0.4 is 14.8 Å². The molecule has 0 bridgehead atoms. The quantitative estimate of drug-likeness (QED) is 0.454. The molecule has 1 N–H and O–H groups in total. The second kappa shape index (κ2) is 8.36. The number of halogens is 1. The van der Waals surface area contributed by atoms with Crippen molar-refractivity contribution < 1.29 is 14.4 Å². The minimum atomic E-state index is -0.414. The number of nitrogens with one attached hydrogen (secondary N) is 1. The van der Waals surface area contributed by atoms with E-state index < -0.39 is 4.92 Å². The van der Waals surface area contributed by atoms with E-state index in [1.165, 1.54) is 23.5 Å². The van der Waals surface area contributed by atoms with Gasteiger partial charge in [-0.2, -0.15) is 0 Å². The van der Waals surface area contributed by atoms with Crippen LogP contribution in [0.5, 0.6) is 11.5 Å². The number of anilines is 1. The number of nitrogens with zero attached hydrogens (tertiary/aromatic N) is 2. The van der Waals surface area contributed by atoms with Gasteiger partial charge in [-0.3, -0.25) is 10.1 Å². The first kappa shape index (κ1) is 19.1. The molecule has 0 spiro atoms. The zero-order valence-electron chi connectivity index (χ0n) is 14.0. The molecule has 1 atom stereocenters. The molecule has 4 rings (SSSR count). The van der Waals surface area contributed by atoms with E-state index in [0.717, 1.165) is 27.9 Å². The molecule has 9 heteroatoms. The number of benzene rings is 2. The lowest BCUT2D eigenvalue weighted by molar-refractivity contribution is -0.384. The highest BCUT2D eigenvalue weighted by molar-refractivity contribution is 8.93. The summed E-state index contributed by atoms with van der Waals surface area (Å²) < 4.78 is 11.6. The van der Waals surface area contributed by atoms with Crippen LogP contribution in [0.3, 0.4) is 0 Å². The molecule has 0 aliphatic carbocycles. The fourth-order valence-electron chi connectivity index (χ4n) is 2.61. The van der Waals surface area contributed by atoms with Crippen LogP contribution >= 0.6 is 28.3 Å². The molecule has 2 aromatic carbocycles. The summed E-state index contributed by atoms with van der Waals surface area (Å²) in [6.07, 6.45) is -0.100. The van der Waals surface area contributed by atoms with Gasteiger partial charge in [0, 0.05) is 23.1 Å². The van der Waals surface area contributed by atoms with E-state index in [4.69, 9.17) is 9.47 Å². The third kappa shape index (κ3) is 4.37. The number of nitro groups is 1. The summed E-state index contributed by atoms with van der Waals surface area (Å²) in [6.45, 7) is 1.05. The highest BCUT2D eigenvalue weighted by Gasteiger charge is 2.20. The van der Waals surface area contributed by atoms with Gasteiger partial charge in [0.15, 0.2) is 16.6 Å². The third-order valence-electron chi connectivity index (χ3n) is 3.93. The molecule has 0 fully saturated rings. The maximum atomic E-state index is 10.7. The van der Waals surface area contributed by atoms with Gasteiger partial charge in [-0.05, 0) is 24.3 Å². The number of rotatable bonds is 5. The molecule has 1 aliphatic rings. The van der Waals surface area contributed by atoms with Crippen LogP contribution in [0.15, 0.2) is 53.9 Å². The smallest absolute Gasteiger partial charge is 0.269 e. The monoisotopic (exact) mass is 449 g/mol. The number of para-hydroxylation sites is 2. The zero-order chi connectivity index (χ0) is 17.9. The first-order valence-corrected chi connectivity index (χ1v) is 8.90. The number of nitro benzene ring substituents is 1. The SMILES string of the molecule is Br.O=[N+]([O-])c1ccc(-c2csc(NCC3COc4ccccc4O3)n2)cc1. The van der Waals surface area contributed by atoms with E-state index in [0.29, 0.717) is 13.2 Å². The lowest BCUT2D eigenvalue weighted by Crippen LogP contribution is -2.35. The summed E-state index contributed by atoms with van der Waals surface area (Å²) in [4.78, 5) is 14.8. The lowest BCUT2D eigenvalue weighted by Gasteiger charge is -2.26. The summed E-state index contributed by atoms with van der Waals surface area (Å²) in [7, 11) is 0. The molecule has 7 nitrogen and oxygen atoms in total. The fraction of sp³-hybridized carbons (Fsp3) is 0.167. The number of ether oxygens (including phenoxy) is 2. The number of thiazole rings is 1. The van der Waals surface area contributed by atoms with Crippen molar-refractivity contribution in [2.45, 2.75) is 6.10 Å². The maximum absolute atomic E-state index is 10.7. The van der Waals surface area contributed by atoms with Crippen LogP contribution in [-0.2, 0) is 0 Å². The molecule has 2 heterocycles. The molecule has 1 aromatic heterocycles. The molecule has 1 unspecified atom stereocenters. The molecule has 1 aliphatic heterocycles. The van der Waals surface area contributed by atoms with Crippen LogP contribution in [0.2, 0.25) is 0 Å². The Morgan fingerprint density at radius 2 is 1.93 bits per heavy atom. The Bertz CT molecular complexity index is 932. The van der Waals surface area contributed by atoms with Gasteiger partial charge in [-0.1, -0.05) is 12.1 Å².